The van der Waals surface area contributed by atoms with Crippen LogP contribution in [0.25, 0.3) is 0 Å². The molecule has 0 radical (unpaired) electrons. The summed E-state index contributed by atoms with van der Waals surface area (Å²) < 4.78 is 45.9. The first kappa shape index (κ1) is 24.9. The van der Waals surface area contributed by atoms with Crippen molar-refractivity contribution in [3.8, 4) is 17.2 Å². The van der Waals surface area contributed by atoms with E-state index in [1.165, 1.54) is 6.07 Å². The number of hydrogen-bond donors (Lipinski definition) is 2. The molecule has 0 aromatic heterocycles. The largest absolute Gasteiger partial charge is 0.454 e. The second-order valence-electron chi connectivity index (χ2n) is 6.49. The lowest BCUT2D eigenvalue weighted by atomic mass is 10.1. The summed E-state index contributed by atoms with van der Waals surface area (Å²) in [7, 11) is 1.66. The van der Waals surface area contributed by atoms with Gasteiger partial charge in [0.2, 0.25) is 6.79 Å². The molecule has 0 bridgehead atoms. The van der Waals surface area contributed by atoms with Gasteiger partial charge in [-0.25, -0.2) is 4.99 Å². The minimum Gasteiger partial charge on any atom is -0.454 e. The van der Waals surface area contributed by atoms with Gasteiger partial charge in [0, 0.05) is 31.8 Å². The summed E-state index contributed by atoms with van der Waals surface area (Å²) in [6.07, 6.45) is 0. The van der Waals surface area contributed by atoms with Crippen molar-refractivity contribution in [2.45, 2.75) is 33.2 Å². The van der Waals surface area contributed by atoms with Crippen molar-refractivity contribution in [1.29, 1.82) is 0 Å². The number of fused-ring (bicyclic) bond motifs is 1. The molecule has 1 aliphatic rings. The van der Waals surface area contributed by atoms with Crippen LogP contribution in [0.5, 0.6) is 17.2 Å². The lowest BCUT2D eigenvalue weighted by Crippen LogP contribution is -2.36. The maximum Gasteiger partial charge on any atom is 0.387 e. The topological polar surface area (TPSA) is 73.3 Å². The molecule has 10 heteroatoms. The number of guanidine groups is 1. The molecule has 3 rings (SSSR count). The van der Waals surface area contributed by atoms with Crippen molar-refractivity contribution in [3.63, 3.8) is 0 Å². The Balaban J connectivity index is 0.00000341. The standard InChI is InChI=1S/C21H25F2N3O4.HI/c1-3-24-21(25-10-14-4-6-15(7-5-14)12-27-2)26-11-16-8-18-19(29-13-28-18)9-17(16)30-20(22)23;/h4-9,20H,3,10-13H2,1-2H3,(H2,24,25,26);1H. The summed E-state index contributed by atoms with van der Waals surface area (Å²) >= 11 is 0. The first-order valence-corrected chi connectivity index (χ1v) is 9.55. The van der Waals surface area contributed by atoms with E-state index < -0.39 is 6.61 Å². The zero-order valence-corrected chi connectivity index (χ0v) is 19.7. The van der Waals surface area contributed by atoms with Gasteiger partial charge in [0.25, 0.3) is 0 Å². The maximum absolute atomic E-state index is 12.8. The average Bonchev–Trinajstić information content (AvgIpc) is 3.18. The third kappa shape index (κ3) is 7.39. The van der Waals surface area contributed by atoms with E-state index in [-0.39, 0.29) is 43.1 Å². The third-order valence-electron chi connectivity index (χ3n) is 4.32. The zero-order valence-electron chi connectivity index (χ0n) is 17.3. The average molecular weight is 549 g/mol. The Morgan fingerprint density at radius 2 is 1.77 bits per heavy atom. The number of aliphatic imine (C=N–C) groups is 1. The molecule has 0 aliphatic carbocycles. The van der Waals surface area contributed by atoms with Crippen LogP contribution in [0.1, 0.15) is 23.6 Å². The fraction of sp³-hybridized carbons (Fsp3) is 0.381. The molecule has 0 unspecified atom stereocenters. The van der Waals surface area contributed by atoms with E-state index >= 15 is 0 Å². The molecule has 0 amide bonds. The van der Waals surface area contributed by atoms with E-state index in [9.17, 15) is 8.78 Å². The molecule has 0 atom stereocenters. The maximum atomic E-state index is 12.8. The molecule has 7 nitrogen and oxygen atoms in total. The first-order valence-electron chi connectivity index (χ1n) is 9.55. The highest BCUT2D eigenvalue weighted by atomic mass is 127. The molecule has 2 N–H and O–H groups in total. The van der Waals surface area contributed by atoms with Crippen LogP contribution in [0.2, 0.25) is 0 Å². The number of benzene rings is 2. The summed E-state index contributed by atoms with van der Waals surface area (Å²) in [5.74, 6) is 1.46. The van der Waals surface area contributed by atoms with Gasteiger partial charge in [-0.3, -0.25) is 0 Å². The Kier molecular flexibility index (Phi) is 10.0. The van der Waals surface area contributed by atoms with Crippen molar-refractivity contribution < 1.29 is 27.7 Å². The van der Waals surface area contributed by atoms with Gasteiger partial charge in [-0.15, -0.1) is 24.0 Å². The number of ether oxygens (including phenoxy) is 4. The summed E-state index contributed by atoms with van der Waals surface area (Å²) in [4.78, 5) is 4.56. The van der Waals surface area contributed by atoms with Gasteiger partial charge in [0.1, 0.15) is 5.75 Å². The second-order valence-corrected chi connectivity index (χ2v) is 6.49. The number of nitrogens with one attached hydrogen (secondary N) is 2. The van der Waals surface area contributed by atoms with Crippen LogP contribution in [0.3, 0.4) is 0 Å². The van der Waals surface area contributed by atoms with E-state index in [1.807, 2.05) is 31.2 Å². The fourth-order valence-corrected chi connectivity index (χ4v) is 2.91. The van der Waals surface area contributed by atoms with E-state index in [0.717, 1.165) is 11.1 Å². The summed E-state index contributed by atoms with van der Waals surface area (Å²) in [6.45, 7) is 0.955. The molecule has 31 heavy (non-hydrogen) atoms. The third-order valence-corrected chi connectivity index (χ3v) is 4.32. The van der Waals surface area contributed by atoms with E-state index in [4.69, 9.17) is 14.2 Å². The Morgan fingerprint density at radius 3 is 2.42 bits per heavy atom. The number of halogens is 3. The molecule has 170 valence electrons. The van der Waals surface area contributed by atoms with Crippen molar-refractivity contribution in [2.75, 3.05) is 20.4 Å². The lowest BCUT2D eigenvalue weighted by molar-refractivity contribution is -0.0505. The van der Waals surface area contributed by atoms with Gasteiger partial charge in [-0.2, -0.15) is 8.78 Å². The van der Waals surface area contributed by atoms with Gasteiger partial charge in [0.05, 0.1) is 13.2 Å². The van der Waals surface area contributed by atoms with Crippen LogP contribution in [0.4, 0.5) is 8.78 Å². The van der Waals surface area contributed by atoms with Gasteiger partial charge < -0.3 is 29.6 Å². The molecule has 2 aromatic rings. The Bertz CT molecular complexity index is 866. The van der Waals surface area contributed by atoms with Crippen LogP contribution in [-0.2, 0) is 24.4 Å². The Labute approximate surface area is 197 Å². The molecule has 2 aromatic carbocycles. The van der Waals surface area contributed by atoms with Crippen molar-refractivity contribution >= 4 is 29.9 Å². The van der Waals surface area contributed by atoms with Crippen LogP contribution in [0, 0.1) is 0 Å². The molecule has 0 spiro atoms. The Hall–Kier alpha value is -2.34. The molecule has 0 fully saturated rings. The van der Waals surface area contributed by atoms with E-state index in [0.29, 0.717) is 42.7 Å². The van der Waals surface area contributed by atoms with E-state index in [2.05, 4.69) is 20.4 Å². The zero-order chi connectivity index (χ0) is 21.3. The smallest absolute Gasteiger partial charge is 0.387 e. The van der Waals surface area contributed by atoms with Gasteiger partial charge in [-0.05, 0) is 24.1 Å². The monoisotopic (exact) mass is 549 g/mol. The van der Waals surface area contributed by atoms with E-state index in [1.54, 1.807) is 13.2 Å². The normalized spacial score (nSPS) is 12.5. The van der Waals surface area contributed by atoms with Crippen molar-refractivity contribution in [3.05, 3.63) is 53.1 Å². The van der Waals surface area contributed by atoms with Gasteiger partial charge >= 0.3 is 6.61 Å². The van der Waals surface area contributed by atoms with Gasteiger partial charge in [0.15, 0.2) is 17.5 Å². The van der Waals surface area contributed by atoms with Crippen LogP contribution >= 0.6 is 24.0 Å². The summed E-state index contributed by atoms with van der Waals surface area (Å²) in [6, 6.07) is 11.0. The number of alkyl halides is 2. The predicted octanol–water partition coefficient (Wildman–Crippen LogP) is 4.04. The highest BCUT2D eigenvalue weighted by Crippen LogP contribution is 2.38. The van der Waals surface area contributed by atoms with Crippen LogP contribution in [0.15, 0.2) is 41.4 Å². The minimum absolute atomic E-state index is 0. The molecule has 0 saturated carbocycles. The molecule has 0 saturated heterocycles. The number of methoxy groups -OCH3 is 1. The lowest BCUT2D eigenvalue weighted by Gasteiger charge is -2.15. The number of hydrogen-bond acceptors (Lipinski definition) is 5. The SMILES string of the molecule is CCNC(=NCc1ccc(COC)cc1)NCc1cc2c(cc1OC(F)F)OCO2.I. The quantitative estimate of drug-likeness (QED) is 0.280. The summed E-state index contributed by atoms with van der Waals surface area (Å²) in [5, 5.41) is 6.28. The second kappa shape index (κ2) is 12.5. The van der Waals surface area contributed by atoms with Crippen molar-refractivity contribution in [2.24, 2.45) is 4.99 Å². The fourth-order valence-electron chi connectivity index (χ4n) is 2.91. The Morgan fingerprint density at radius 1 is 1.10 bits per heavy atom. The molecule has 1 aliphatic heterocycles. The van der Waals surface area contributed by atoms with Crippen molar-refractivity contribution in [1.82, 2.24) is 10.6 Å². The van der Waals surface area contributed by atoms with Crippen LogP contribution < -0.4 is 24.8 Å². The minimum atomic E-state index is -2.94. The highest BCUT2D eigenvalue weighted by molar-refractivity contribution is 14.0. The summed E-state index contributed by atoms with van der Waals surface area (Å²) in [5.41, 5.74) is 2.63. The van der Waals surface area contributed by atoms with Crippen LogP contribution in [-0.4, -0.2) is 33.0 Å². The molecular formula is C21H26F2IN3O4. The molecule has 1 heterocycles. The predicted molar refractivity (Wildman–Crippen MR) is 123 cm³/mol. The number of rotatable bonds is 9. The highest BCUT2D eigenvalue weighted by Gasteiger charge is 2.20. The number of nitrogens with zero attached hydrogens (tertiary/aromatic N) is 1. The first-order chi connectivity index (χ1) is 14.6. The van der Waals surface area contributed by atoms with Gasteiger partial charge in [-0.1, -0.05) is 24.3 Å². The molecular weight excluding hydrogens is 523 g/mol.